The number of hydrogen-bond acceptors (Lipinski definition) is 4. The van der Waals surface area contributed by atoms with Gasteiger partial charge in [-0.05, 0) is 57.6 Å². The number of H-pyrrole nitrogens is 1. The van der Waals surface area contributed by atoms with Crippen LogP contribution in [0.5, 0.6) is 0 Å². The highest BCUT2D eigenvalue weighted by atomic mass is 32.1. The number of nitrogens with zero attached hydrogens (tertiary/aromatic N) is 3. The molecule has 2 rings (SSSR count). The van der Waals surface area contributed by atoms with E-state index in [0.29, 0.717) is 10.8 Å². The zero-order valence-corrected chi connectivity index (χ0v) is 12.5. The second-order valence-corrected chi connectivity index (χ2v) is 5.98. The summed E-state index contributed by atoms with van der Waals surface area (Å²) in [5.74, 6) is 0.946. The van der Waals surface area contributed by atoms with Crippen LogP contribution in [0.4, 0.5) is 0 Å². The lowest BCUT2D eigenvalue weighted by atomic mass is 10.2. The molecule has 18 heavy (non-hydrogen) atoms. The molecule has 2 heterocycles. The highest BCUT2D eigenvalue weighted by molar-refractivity contribution is 7.71. The van der Waals surface area contributed by atoms with Gasteiger partial charge in [0.15, 0.2) is 10.6 Å². The van der Waals surface area contributed by atoms with Crippen molar-refractivity contribution in [2.24, 2.45) is 0 Å². The average Bonchev–Trinajstić information content (AvgIpc) is 2.94. The number of aromatic amines is 1. The Balaban J connectivity index is 2.27. The molecular formula is C12H18N4S2. The number of rotatable bonds is 5. The van der Waals surface area contributed by atoms with E-state index >= 15 is 0 Å². The maximum absolute atomic E-state index is 5.34. The van der Waals surface area contributed by atoms with E-state index in [9.17, 15) is 0 Å². The van der Waals surface area contributed by atoms with Gasteiger partial charge in [0.25, 0.3) is 0 Å². The second-order valence-electron chi connectivity index (χ2n) is 4.64. The molecule has 0 saturated heterocycles. The van der Waals surface area contributed by atoms with Crippen LogP contribution in [0.15, 0.2) is 17.5 Å². The standard InChI is InChI=1S/C12H18N4S2/c1-9(6-7-15(2)3)16-11(13-14-12(16)17)10-5-4-8-18-10/h4-5,8-9H,6-7H2,1-3H3,(H,14,17). The van der Waals surface area contributed by atoms with Gasteiger partial charge in [-0.2, -0.15) is 5.10 Å². The Hall–Kier alpha value is -0.980. The third-order valence-electron chi connectivity index (χ3n) is 2.88. The van der Waals surface area contributed by atoms with Gasteiger partial charge in [0.05, 0.1) is 4.88 Å². The van der Waals surface area contributed by atoms with Gasteiger partial charge < -0.3 is 4.90 Å². The van der Waals surface area contributed by atoms with Gasteiger partial charge in [-0.3, -0.25) is 9.67 Å². The van der Waals surface area contributed by atoms with E-state index in [2.05, 4.69) is 52.1 Å². The van der Waals surface area contributed by atoms with Crippen molar-refractivity contribution in [3.05, 3.63) is 22.3 Å². The first-order valence-electron chi connectivity index (χ1n) is 5.95. The van der Waals surface area contributed by atoms with Gasteiger partial charge >= 0.3 is 0 Å². The van der Waals surface area contributed by atoms with Crippen LogP contribution in [-0.2, 0) is 0 Å². The lowest BCUT2D eigenvalue weighted by Gasteiger charge is -2.17. The summed E-state index contributed by atoms with van der Waals surface area (Å²) in [6, 6.07) is 4.45. The van der Waals surface area contributed by atoms with Crippen LogP contribution < -0.4 is 0 Å². The van der Waals surface area contributed by atoms with Crippen molar-refractivity contribution < 1.29 is 0 Å². The number of hydrogen-bond donors (Lipinski definition) is 1. The van der Waals surface area contributed by atoms with Crippen molar-refractivity contribution in [2.45, 2.75) is 19.4 Å². The minimum absolute atomic E-state index is 0.343. The molecule has 2 aromatic rings. The Morgan fingerprint density at radius 1 is 1.56 bits per heavy atom. The smallest absolute Gasteiger partial charge is 0.195 e. The summed E-state index contributed by atoms with van der Waals surface area (Å²) in [7, 11) is 4.17. The molecule has 0 aromatic carbocycles. The van der Waals surface area contributed by atoms with Crippen LogP contribution >= 0.6 is 23.6 Å². The average molecular weight is 282 g/mol. The molecule has 0 aliphatic heterocycles. The molecule has 0 radical (unpaired) electrons. The SMILES string of the molecule is CC(CCN(C)C)n1c(-c2cccs2)n[nH]c1=S. The van der Waals surface area contributed by atoms with Crippen LogP contribution in [0.2, 0.25) is 0 Å². The summed E-state index contributed by atoms with van der Waals surface area (Å²) in [5, 5.41) is 9.31. The molecule has 0 aliphatic rings. The molecule has 98 valence electrons. The molecule has 0 saturated carbocycles. The molecule has 0 bridgehead atoms. The van der Waals surface area contributed by atoms with Crippen LogP contribution in [0.1, 0.15) is 19.4 Å². The lowest BCUT2D eigenvalue weighted by molar-refractivity contribution is 0.357. The minimum atomic E-state index is 0.343. The largest absolute Gasteiger partial charge is 0.309 e. The minimum Gasteiger partial charge on any atom is -0.309 e. The van der Waals surface area contributed by atoms with Crippen molar-refractivity contribution in [3.8, 4) is 10.7 Å². The van der Waals surface area contributed by atoms with E-state index in [-0.39, 0.29) is 0 Å². The summed E-state index contributed by atoms with van der Waals surface area (Å²) >= 11 is 7.02. The van der Waals surface area contributed by atoms with Gasteiger partial charge in [-0.1, -0.05) is 6.07 Å². The first kappa shape index (κ1) is 13.5. The molecule has 1 N–H and O–H groups in total. The summed E-state index contributed by atoms with van der Waals surface area (Å²) in [6.45, 7) is 3.23. The molecule has 0 aliphatic carbocycles. The van der Waals surface area contributed by atoms with Crippen LogP contribution in [-0.4, -0.2) is 40.3 Å². The van der Waals surface area contributed by atoms with E-state index in [1.165, 1.54) is 0 Å². The number of thiophene rings is 1. The lowest BCUT2D eigenvalue weighted by Crippen LogP contribution is -2.18. The highest BCUT2D eigenvalue weighted by Crippen LogP contribution is 2.26. The summed E-state index contributed by atoms with van der Waals surface area (Å²) in [6.07, 6.45) is 1.05. The maximum Gasteiger partial charge on any atom is 0.195 e. The Labute approximate surface area is 116 Å². The molecule has 4 nitrogen and oxygen atoms in total. The van der Waals surface area contributed by atoms with E-state index < -0.39 is 0 Å². The fraction of sp³-hybridized carbons (Fsp3) is 0.500. The van der Waals surface area contributed by atoms with E-state index in [1.54, 1.807) is 11.3 Å². The van der Waals surface area contributed by atoms with Crippen molar-refractivity contribution in [1.29, 1.82) is 0 Å². The van der Waals surface area contributed by atoms with Crippen LogP contribution in [0, 0.1) is 4.77 Å². The van der Waals surface area contributed by atoms with Crippen molar-refractivity contribution >= 4 is 23.6 Å². The van der Waals surface area contributed by atoms with E-state index in [0.717, 1.165) is 23.7 Å². The Kier molecular flexibility index (Phi) is 4.31. The predicted octanol–water partition coefficient (Wildman–Crippen LogP) is 3.18. The number of aromatic nitrogens is 3. The zero-order chi connectivity index (χ0) is 13.1. The maximum atomic E-state index is 5.34. The van der Waals surface area contributed by atoms with Crippen molar-refractivity contribution in [3.63, 3.8) is 0 Å². The summed E-state index contributed by atoms with van der Waals surface area (Å²) in [4.78, 5) is 3.34. The highest BCUT2D eigenvalue weighted by Gasteiger charge is 2.15. The van der Waals surface area contributed by atoms with Gasteiger partial charge in [-0.25, -0.2) is 0 Å². The Morgan fingerprint density at radius 3 is 2.94 bits per heavy atom. The predicted molar refractivity (Wildman–Crippen MR) is 78.6 cm³/mol. The fourth-order valence-corrected chi connectivity index (χ4v) is 2.89. The number of nitrogens with one attached hydrogen (secondary N) is 1. The van der Waals surface area contributed by atoms with Crippen LogP contribution in [0.3, 0.4) is 0 Å². The van der Waals surface area contributed by atoms with Crippen molar-refractivity contribution in [2.75, 3.05) is 20.6 Å². The first-order chi connectivity index (χ1) is 8.59. The third kappa shape index (κ3) is 2.88. The zero-order valence-electron chi connectivity index (χ0n) is 10.9. The van der Waals surface area contributed by atoms with Crippen LogP contribution in [0.25, 0.3) is 10.7 Å². The monoisotopic (exact) mass is 282 g/mol. The molecule has 0 spiro atoms. The third-order valence-corrected chi connectivity index (χ3v) is 4.03. The summed E-state index contributed by atoms with van der Waals surface area (Å²) < 4.78 is 2.81. The van der Waals surface area contributed by atoms with Crippen molar-refractivity contribution in [1.82, 2.24) is 19.7 Å². The molecule has 1 atom stereocenters. The van der Waals surface area contributed by atoms with Gasteiger partial charge in [0.1, 0.15) is 0 Å². The van der Waals surface area contributed by atoms with Gasteiger partial charge in [-0.15, -0.1) is 11.3 Å². The normalized spacial score (nSPS) is 13.1. The first-order valence-corrected chi connectivity index (χ1v) is 7.24. The van der Waals surface area contributed by atoms with E-state index in [4.69, 9.17) is 12.2 Å². The molecule has 0 amide bonds. The summed E-state index contributed by atoms with van der Waals surface area (Å²) in [5.41, 5.74) is 0. The van der Waals surface area contributed by atoms with Gasteiger partial charge in [0.2, 0.25) is 0 Å². The molecular weight excluding hydrogens is 264 g/mol. The molecule has 1 unspecified atom stereocenters. The van der Waals surface area contributed by atoms with E-state index in [1.807, 2.05) is 6.07 Å². The topological polar surface area (TPSA) is 36.9 Å². The Bertz CT molecular complexity index is 539. The van der Waals surface area contributed by atoms with Gasteiger partial charge in [0, 0.05) is 6.04 Å². The molecule has 0 fully saturated rings. The fourth-order valence-electron chi connectivity index (χ4n) is 1.87. The Morgan fingerprint density at radius 2 is 2.33 bits per heavy atom. The quantitative estimate of drug-likeness (QED) is 0.856. The molecule has 6 heteroatoms. The molecule has 2 aromatic heterocycles. The second kappa shape index (κ2) is 5.77.